The molecule has 4 heterocycles. The van der Waals surface area contributed by atoms with Gasteiger partial charge in [-0.2, -0.15) is 0 Å². The van der Waals surface area contributed by atoms with E-state index >= 15 is 0 Å². The van der Waals surface area contributed by atoms with Crippen LogP contribution in [0.1, 0.15) is 42.7 Å². The Hall–Kier alpha value is -2.38. The highest BCUT2D eigenvalue weighted by molar-refractivity contribution is 8.13. The number of nitrogens with one attached hydrogen (secondary N) is 1. The monoisotopic (exact) mass is 498 g/mol. The molecule has 1 saturated heterocycles. The first-order valence-corrected chi connectivity index (χ1v) is 12.0. The summed E-state index contributed by atoms with van der Waals surface area (Å²) >= 11 is 2.91. The van der Waals surface area contributed by atoms with Crippen LogP contribution in [0.2, 0.25) is 0 Å². The fourth-order valence-corrected chi connectivity index (χ4v) is 5.64. The van der Waals surface area contributed by atoms with Crippen LogP contribution in [0.5, 0.6) is 5.88 Å². The van der Waals surface area contributed by atoms with E-state index in [4.69, 9.17) is 20.2 Å². The van der Waals surface area contributed by atoms with E-state index in [1.54, 1.807) is 5.38 Å². The van der Waals surface area contributed by atoms with Gasteiger partial charge in [-0.1, -0.05) is 11.8 Å². The topological polar surface area (TPSA) is 125 Å². The Morgan fingerprint density at radius 3 is 2.88 bits per heavy atom. The number of aromatic nitrogens is 3. The summed E-state index contributed by atoms with van der Waals surface area (Å²) in [7, 11) is 0. The van der Waals surface area contributed by atoms with E-state index in [9.17, 15) is 13.6 Å². The smallest absolute Gasteiger partial charge is 0.278 e. The van der Waals surface area contributed by atoms with Gasteiger partial charge in [0.15, 0.2) is 11.8 Å². The minimum absolute atomic E-state index is 0.00437. The van der Waals surface area contributed by atoms with Gasteiger partial charge in [-0.05, 0) is 20.3 Å². The lowest BCUT2D eigenvalue weighted by atomic mass is 9.77. The summed E-state index contributed by atoms with van der Waals surface area (Å²) in [5.74, 6) is -2.27. The molecule has 2 aromatic heterocycles. The van der Waals surface area contributed by atoms with Crippen molar-refractivity contribution in [3.8, 4) is 5.88 Å². The Labute approximate surface area is 197 Å². The lowest BCUT2D eigenvalue weighted by molar-refractivity contribution is -0.109. The van der Waals surface area contributed by atoms with Crippen LogP contribution in [0.4, 0.5) is 14.6 Å². The first-order valence-electron chi connectivity index (χ1n) is 10.2. The first kappa shape index (κ1) is 23.8. The number of hydrogen-bond donors (Lipinski definition) is 2. The zero-order chi connectivity index (χ0) is 23.9. The molecular formula is C20H24F2N6O3S2. The maximum Gasteiger partial charge on any atom is 0.278 e. The van der Waals surface area contributed by atoms with Crippen LogP contribution >= 0.6 is 23.1 Å². The summed E-state index contributed by atoms with van der Waals surface area (Å²) in [6, 6.07) is 0. The highest BCUT2D eigenvalue weighted by Gasteiger charge is 2.52. The van der Waals surface area contributed by atoms with Gasteiger partial charge < -0.3 is 20.5 Å². The highest BCUT2D eigenvalue weighted by Crippen LogP contribution is 2.49. The Morgan fingerprint density at radius 2 is 2.18 bits per heavy atom. The fraction of sp³-hybridized carbons (Fsp3) is 0.550. The number of carbonyl (C=O) groups excluding carboxylic acids is 1. The SMILES string of the molecule is CC(F)(F)COc1cnc(C(=O)Nc2csc([C@@]34COC(C)(C)CC3CSC(N)=N4)n2)cn1. The van der Waals surface area contributed by atoms with Crippen molar-refractivity contribution in [1.82, 2.24) is 15.0 Å². The molecule has 0 aromatic carbocycles. The molecule has 178 valence electrons. The second-order valence-electron chi connectivity index (χ2n) is 8.73. The molecule has 1 amide bonds. The molecule has 0 saturated carbocycles. The molecule has 3 N–H and O–H groups in total. The quantitative estimate of drug-likeness (QED) is 0.622. The van der Waals surface area contributed by atoms with Crippen LogP contribution in [0, 0.1) is 5.92 Å². The average molecular weight is 499 g/mol. The van der Waals surface area contributed by atoms with Gasteiger partial charge in [0.2, 0.25) is 5.88 Å². The van der Waals surface area contributed by atoms with Crippen LogP contribution in [0.15, 0.2) is 22.8 Å². The van der Waals surface area contributed by atoms with Gasteiger partial charge in [0.25, 0.3) is 11.8 Å². The number of ether oxygens (including phenoxy) is 2. The predicted molar refractivity (Wildman–Crippen MR) is 122 cm³/mol. The Balaban J connectivity index is 1.47. The first-order chi connectivity index (χ1) is 15.5. The Kier molecular flexibility index (Phi) is 6.31. The molecule has 0 bridgehead atoms. The van der Waals surface area contributed by atoms with Crippen molar-refractivity contribution in [3.63, 3.8) is 0 Å². The molecule has 33 heavy (non-hydrogen) atoms. The van der Waals surface area contributed by atoms with Crippen molar-refractivity contribution in [2.45, 2.75) is 44.3 Å². The van der Waals surface area contributed by atoms with Gasteiger partial charge in [0.1, 0.15) is 22.1 Å². The number of nitrogens with zero attached hydrogens (tertiary/aromatic N) is 4. The number of thioether (sulfide) groups is 1. The summed E-state index contributed by atoms with van der Waals surface area (Å²) < 4.78 is 36.7. The van der Waals surface area contributed by atoms with Crippen LogP contribution in [-0.2, 0) is 10.3 Å². The van der Waals surface area contributed by atoms with Crippen molar-refractivity contribution in [3.05, 3.63) is 28.5 Å². The number of hydrogen-bond acceptors (Lipinski definition) is 10. The van der Waals surface area contributed by atoms with E-state index in [-0.39, 0.29) is 23.1 Å². The average Bonchev–Trinajstić information content (AvgIpc) is 3.21. The number of nitrogens with two attached hydrogens (primary N) is 1. The molecule has 4 rings (SSSR count). The molecule has 1 fully saturated rings. The van der Waals surface area contributed by atoms with E-state index < -0.39 is 24.0 Å². The van der Waals surface area contributed by atoms with E-state index in [0.717, 1.165) is 36.5 Å². The number of aliphatic imine (C=N–C) groups is 1. The molecule has 13 heteroatoms. The molecular weight excluding hydrogens is 474 g/mol. The molecule has 1 unspecified atom stereocenters. The van der Waals surface area contributed by atoms with Gasteiger partial charge in [-0.3, -0.25) is 4.79 Å². The summed E-state index contributed by atoms with van der Waals surface area (Å²) in [5, 5.41) is 5.62. The number of rotatable bonds is 6. The van der Waals surface area contributed by atoms with Gasteiger partial charge in [-0.25, -0.2) is 28.7 Å². The summed E-state index contributed by atoms with van der Waals surface area (Å²) in [6.07, 6.45) is 3.09. The van der Waals surface area contributed by atoms with E-state index in [1.165, 1.54) is 23.1 Å². The zero-order valence-electron chi connectivity index (χ0n) is 18.3. The van der Waals surface area contributed by atoms with Gasteiger partial charge in [0, 0.05) is 24.0 Å². The van der Waals surface area contributed by atoms with Gasteiger partial charge in [0.05, 0.1) is 24.6 Å². The molecule has 0 radical (unpaired) electrons. The van der Waals surface area contributed by atoms with Crippen LogP contribution in [0.25, 0.3) is 0 Å². The van der Waals surface area contributed by atoms with E-state index in [2.05, 4.69) is 34.1 Å². The Morgan fingerprint density at radius 1 is 1.39 bits per heavy atom. The normalized spacial score (nSPS) is 24.5. The summed E-state index contributed by atoms with van der Waals surface area (Å²) in [5.41, 5.74) is 5.11. The number of anilines is 1. The molecule has 0 aliphatic carbocycles. The third-order valence-corrected chi connectivity index (χ3v) is 7.25. The van der Waals surface area contributed by atoms with Crippen molar-refractivity contribution >= 4 is 40.0 Å². The maximum atomic E-state index is 12.9. The minimum Gasteiger partial charge on any atom is -0.470 e. The minimum atomic E-state index is -3.00. The number of amides is 1. The molecule has 2 atom stereocenters. The molecule has 2 aliphatic rings. The third kappa shape index (κ3) is 5.41. The standard InChI is InChI=1S/C20H24F2N6O3S2/c1-18(2)4-11-7-33-17(23)28-20(11,10-31-18)16-27-13(8-32-16)26-15(29)12-5-25-14(6-24-12)30-9-19(3,21)22/h5-6,8,11H,4,7,9-10H2,1-3H3,(H2,23,28)(H,26,29)/t11?,20-/m1/s1. The molecule has 2 aromatic rings. The predicted octanol–water partition coefficient (Wildman–Crippen LogP) is 3.29. The van der Waals surface area contributed by atoms with Crippen LogP contribution < -0.4 is 15.8 Å². The second-order valence-corrected chi connectivity index (χ2v) is 10.6. The van der Waals surface area contributed by atoms with Crippen LogP contribution in [-0.4, -0.2) is 56.5 Å². The second kappa shape index (κ2) is 8.76. The van der Waals surface area contributed by atoms with Crippen molar-refractivity contribution < 1.29 is 23.0 Å². The van der Waals surface area contributed by atoms with Gasteiger partial charge in [-0.15, -0.1) is 11.3 Å². The van der Waals surface area contributed by atoms with Crippen molar-refractivity contribution in [2.75, 3.05) is 24.3 Å². The number of alkyl halides is 2. The zero-order valence-corrected chi connectivity index (χ0v) is 19.9. The largest absolute Gasteiger partial charge is 0.470 e. The summed E-state index contributed by atoms with van der Waals surface area (Å²) in [6.45, 7) is 4.38. The number of carbonyl (C=O) groups is 1. The maximum absolute atomic E-state index is 12.9. The lowest BCUT2D eigenvalue weighted by Gasteiger charge is -2.47. The lowest BCUT2D eigenvalue weighted by Crippen LogP contribution is -2.52. The fourth-order valence-electron chi connectivity index (χ4n) is 3.68. The highest BCUT2D eigenvalue weighted by atomic mass is 32.2. The number of fused-ring (bicyclic) bond motifs is 1. The van der Waals surface area contributed by atoms with Crippen molar-refractivity contribution in [1.29, 1.82) is 0 Å². The molecule has 0 spiro atoms. The van der Waals surface area contributed by atoms with Gasteiger partial charge >= 0.3 is 0 Å². The van der Waals surface area contributed by atoms with Crippen molar-refractivity contribution in [2.24, 2.45) is 16.6 Å². The molecule has 9 nitrogen and oxygen atoms in total. The Bertz CT molecular complexity index is 1060. The summed E-state index contributed by atoms with van der Waals surface area (Å²) in [4.78, 5) is 29.7. The van der Waals surface area contributed by atoms with Crippen LogP contribution in [0.3, 0.4) is 0 Å². The number of halogens is 2. The van der Waals surface area contributed by atoms with E-state index in [1.807, 2.05) is 0 Å². The molecule has 2 aliphatic heterocycles. The van der Waals surface area contributed by atoms with E-state index in [0.29, 0.717) is 17.6 Å². The number of amidine groups is 1. The third-order valence-electron chi connectivity index (χ3n) is 5.29. The number of thiazole rings is 1.